The predicted octanol–water partition coefficient (Wildman–Crippen LogP) is 0.693. The van der Waals surface area contributed by atoms with Gasteiger partial charge in [-0.05, 0) is 37.6 Å². The topological polar surface area (TPSA) is 151 Å². The summed E-state index contributed by atoms with van der Waals surface area (Å²) in [6, 6.07) is 4.73. The lowest BCUT2D eigenvalue weighted by molar-refractivity contribution is -0.192. The van der Waals surface area contributed by atoms with E-state index in [1.54, 1.807) is 25.5 Å². The number of carboxylic acid groups (broad SMARTS) is 1. The number of alkyl halides is 3. The van der Waals surface area contributed by atoms with Crippen LogP contribution in [0.2, 0.25) is 0 Å². The quantitative estimate of drug-likeness (QED) is 0.298. The van der Waals surface area contributed by atoms with Crippen LogP contribution >= 0.6 is 0 Å². The van der Waals surface area contributed by atoms with E-state index in [1.807, 2.05) is 12.1 Å². The van der Waals surface area contributed by atoms with Crippen molar-refractivity contribution in [1.29, 1.82) is 0 Å². The Morgan fingerprint density at radius 2 is 1.73 bits per heavy atom. The number of nitrogens with one attached hydrogen (secondary N) is 2. The highest BCUT2D eigenvalue weighted by Gasteiger charge is 2.48. The number of carbonyl (C=O) groups excluding carboxylic acids is 2. The van der Waals surface area contributed by atoms with Gasteiger partial charge in [0, 0.05) is 44.5 Å². The molecule has 1 atom stereocenters. The Hall–Kier alpha value is -4.71. The normalized spacial score (nSPS) is 19.3. The van der Waals surface area contributed by atoms with Gasteiger partial charge in [-0.2, -0.15) is 13.2 Å². The molecular formula is C26H24F3N7O5. The Bertz CT molecular complexity index is 1660. The molecule has 3 aliphatic heterocycles. The molecule has 15 heteroatoms. The van der Waals surface area contributed by atoms with Crippen LogP contribution in [0.5, 0.6) is 0 Å². The summed E-state index contributed by atoms with van der Waals surface area (Å²) in [5.74, 6) is 3.39. The Morgan fingerprint density at radius 3 is 2.29 bits per heavy atom. The summed E-state index contributed by atoms with van der Waals surface area (Å²) in [6.45, 7) is 2.97. The molecule has 3 aromatic rings. The molecule has 5 heterocycles. The molecule has 3 aliphatic rings. The lowest BCUT2D eigenvalue weighted by Gasteiger charge is -2.56. The van der Waals surface area contributed by atoms with Crippen molar-refractivity contribution in [2.75, 3.05) is 24.5 Å². The number of imide groups is 1. The molecule has 0 bridgehead atoms. The SMILES string of the molecule is Cn1c(=O)n(C2CCC(=O)NC2=O)c2ccc(C#Cc3cnc(N4CC5(CCN5)C4)nc3)cc21.O=C(O)C(F)(F)F. The molecule has 0 aliphatic carbocycles. The van der Waals surface area contributed by atoms with E-state index < -0.39 is 24.1 Å². The second-order valence-corrected chi connectivity index (χ2v) is 10.0. The van der Waals surface area contributed by atoms with E-state index in [4.69, 9.17) is 9.90 Å². The molecule has 2 aromatic heterocycles. The Balaban J connectivity index is 0.000000431. The van der Waals surface area contributed by atoms with E-state index in [0.717, 1.165) is 31.1 Å². The van der Waals surface area contributed by atoms with Crippen LogP contribution in [-0.2, 0) is 21.4 Å². The molecule has 214 valence electrons. The van der Waals surface area contributed by atoms with Crippen molar-refractivity contribution in [2.45, 2.75) is 37.0 Å². The van der Waals surface area contributed by atoms with Gasteiger partial charge in [-0.3, -0.25) is 24.0 Å². The number of benzene rings is 1. The Labute approximate surface area is 230 Å². The Morgan fingerprint density at radius 1 is 1.10 bits per heavy atom. The summed E-state index contributed by atoms with van der Waals surface area (Å²) in [7, 11) is 1.66. The number of anilines is 1. The summed E-state index contributed by atoms with van der Waals surface area (Å²) < 4.78 is 34.7. The fourth-order valence-corrected chi connectivity index (χ4v) is 4.94. The number of carboxylic acids is 1. The van der Waals surface area contributed by atoms with Gasteiger partial charge in [0.2, 0.25) is 17.8 Å². The number of rotatable bonds is 2. The molecule has 3 N–H and O–H groups in total. The summed E-state index contributed by atoms with van der Waals surface area (Å²) in [5, 5.41) is 12.9. The molecule has 0 saturated carbocycles. The fraction of sp³-hybridized carbons (Fsp3) is 0.385. The van der Waals surface area contributed by atoms with Crippen molar-refractivity contribution in [3.05, 3.63) is 52.2 Å². The zero-order valence-electron chi connectivity index (χ0n) is 21.7. The van der Waals surface area contributed by atoms with Crippen molar-refractivity contribution < 1.29 is 32.7 Å². The number of imidazole rings is 1. The van der Waals surface area contributed by atoms with Crippen LogP contribution in [0.4, 0.5) is 19.1 Å². The van der Waals surface area contributed by atoms with Crippen LogP contribution < -0.4 is 21.2 Å². The number of piperidine rings is 1. The maximum atomic E-state index is 12.9. The molecule has 1 spiro atoms. The van der Waals surface area contributed by atoms with Gasteiger partial charge in [-0.25, -0.2) is 19.6 Å². The zero-order valence-corrected chi connectivity index (χ0v) is 21.7. The number of fused-ring (bicyclic) bond motifs is 1. The molecule has 41 heavy (non-hydrogen) atoms. The van der Waals surface area contributed by atoms with Crippen molar-refractivity contribution in [2.24, 2.45) is 7.05 Å². The van der Waals surface area contributed by atoms with Crippen LogP contribution in [0.15, 0.2) is 35.4 Å². The second kappa shape index (κ2) is 10.4. The van der Waals surface area contributed by atoms with Crippen molar-refractivity contribution in [1.82, 2.24) is 29.7 Å². The zero-order chi connectivity index (χ0) is 29.5. The number of amides is 2. The molecule has 1 unspecified atom stereocenters. The van der Waals surface area contributed by atoms with Crippen molar-refractivity contribution in [3.8, 4) is 11.8 Å². The minimum atomic E-state index is -5.08. The minimum absolute atomic E-state index is 0.208. The van der Waals surface area contributed by atoms with E-state index >= 15 is 0 Å². The van der Waals surface area contributed by atoms with Crippen molar-refractivity contribution >= 4 is 34.8 Å². The number of aliphatic carboxylic acids is 1. The van der Waals surface area contributed by atoms with Gasteiger partial charge in [0.15, 0.2) is 0 Å². The van der Waals surface area contributed by atoms with E-state index in [9.17, 15) is 27.6 Å². The van der Waals surface area contributed by atoms with Gasteiger partial charge in [0.25, 0.3) is 0 Å². The van der Waals surface area contributed by atoms with Gasteiger partial charge in [0.05, 0.1) is 22.1 Å². The molecule has 3 saturated heterocycles. The lowest BCUT2D eigenvalue weighted by atomic mass is 9.80. The first-order valence-electron chi connectivity index (χ1n) is 12.6. The number of aromatic nitrogens is 4. The van der Waals surface area contributed by atoms with Crippen LogP contribution in [0.25, 0.3) is 11.0 Å². The van der Waals surface area contributed by atoms with E-state index in [0.29, 0.717) is 23.0 Å². The molecule has 1 aromatic carbocycles. The molecule has 2 amide bonds. The number of hydrogen-bond acceptors (Lipinski definition) is 8. The predicted molar refractivity (Wildman–Crippen MR) is 138 cm³/mol. The van der Waals surface area contributed by atoms with Crippen molar-refractivity contribution in [3.63, 3.8) is 0 Å². The highest BCUT2D eigenvalue weighted by molar-refractivity contribution is 6.00. The third-order valence-corrected chi connectivity index (χ3v) is 7.22. The van der Waals surface area contributed by atoms with E-state index in [-0.39, 0.29) is 23.6 Å². The summed E-state index contributed by atoms with van der Waals surface area (Å²) in [4.78, 5) is 56.7. The van der Waals surface area contributed by atoms with Gasteiger partial charge in [0.1, 0.15) is 6.04 Å². The minimum Gasteiger partial charge on any atom is -0.475 e. The maximum Gasteiger partial charge on any atom is 0.490 e. The van der Waals surface area contributed by atoms with Crippen LogP contribution in [0.3, 0.4) is 0 Å². The fourth-order valence-electron chi connectivity index (χ4n) is 4.94. The first-order chi connectivity index (χ1) is 19.4. The molecule has 12 nitrogen and oxygen atoms in total. The maximum absolute atomic E-state index is 12.9. The second-order valence-electron chi connectivity index (χ2n) is 10.0. The molecule has 0 radical (unpaired) electrons. The first-order valence-corrected chi connectivity index (χ1v) is 12.6. The van der Waals surface area contributed by atoms with Gasteiger partial charge < -0.3 is 15.3 Å². The van der Waals surface area contributed by atoms with E-state index in [2.05, 4.69) is 37.3 Å². The third-order valence-electron chi connectivity index (χ3n) is 7.22. The van der Waals surface area contributed by atoms with Gasteiger partial charge >= 0.3 is 17.8 Å². The van der Waals surface area contributed by atoms with Gasteiger partial charge in [-0.1, -0.05) is 11.8 Å². The standard InChI is InChI=1S/C24H23N7O3.C2HF3O2/c1-29-19-10-15(4-5-17(19)31(23(29)34)18-6-7-20(32)28-21(18)33)2-3-16-11-25-22(26-12-16)30-13-24(14-30)8-9-27-24;3-2(4,5)1(6)7/h4-5,10-12,18,27H,6-9,13-14H2,1H3,(H,28,32,33);(H,6,7). The average molecular weight is 572 g/mol. The smallest absolute Gasteiger partial charge is 0.475 e. The molecule has 3 fully saturated rings. The van der Waals surface area contributed by atoms with Crippen LogP contribution in [-0.4, -0.2) is 73.3 Å². The number of carbonyl (C=O) groups is 3. The van der Waals surface area contributed by atoms with Crippen LogP contribution in [0.1, 0.15) is 36.4 Å². The average Bonchev–Trinajstić information content (AvgIpc) is 3.11. The molecule has 6 rings (SSSR count). The third kappa shape index (κ3) is 5.50. The largest absolute Gasteiger partial charge is 0.490 e. The highest BCUT2D eigenvalue weighted by Crippen LogP contribution is 2.32. The number of nitrogens with zero attached hydrogens (tertiary/aromatic N) is 5. The summed E-state index contributed by atoms with van der Waals surface area (Å²) in [5.41, 5.74) is 2.71. The van der Waals surface area contributed by atoms with E-state index in [1.165, 1.54) is 15.6 Å². The lowest BCUT2D eigenvalue weighted by Crippen LogP contribution is -2.76. The highest BCUT2D eigenvalue weighted by atomic mass is 19.4. The van der Waals surface area contributed by atoms with Crippen LogP contribution in [0, 0.1) is 11.8 Å². The van der Waals surface area contributed by atoms with Gasteiger partial charge in [-0.15, -0.1) is 0 Å². The molecular weight excluding hydrogens is 547 g/mol. The number of hydrogen-bond donors (Lipinski definition) is 3. The summed E-state index contributed by atoms with van der Waals surface area (Å²) in [6.07, 6.45) is 0.0831. The monoisotopic (exact) mass is 571 g/mol. The number of halogens is 3. The number of aryl methyl sites for hydroxylation is 1. The summed E-state index contributed by atoms with van der Waals surface area (Å²) >= 11 is 0. The first kappa shape index (κ1) is 27.8. The Kier molecular flexibility index (Phi) is 7.03.